The highest BCUT2D eigenvalue weighted by molar-refractivity contribution is 7.91. The van der Waals surface area contributed by atoms with E-state index in [1.165, 1.54) is 18.2 Å². The number of aromatic nitrogens is 1. The quantitative estimate of drug-likeness (QED) is 0.881. The molecule has 0 atom stereocenters. The smallest absolute Gasteiger partial charge is 0.335 e. The predicted octanol–water partition coefficient (Wildman–Crippen LogP) is 2.03. The maximum Gasteiger partial charge on any atom is 0.335 e. The van der Waals surface area contributed by atoms with Crippen molar-refractivity contribution in [3.05, 3.63) is 59.3 Å². The molecule has 0 unspecified atom stereocenters. The van der Waals surface area contributed by atoms with Crippen molar-refractivity contribution in [1.29, 1.82) is 0 Å². The largest absolute Gasteiger partial charge is 0.478 e. The number of nitrogens with zero attached hydrogens (tertiary/aromatic N) is 1. The Hall–Kier alpha value is -2.41. The number of hydrogen-bond donors (Lipinski definition) is 2. The molecule has 1 heterocycles. The van der Waals surface area contributed by atoms with Crippen LogP contribution < -0.4 is 4.72 Å². The number of anilines is 1. The van der Waals surface area contributed by atoms with Gasteiger partial charge in [-0.3, -0.25) is 4.72 Å². The second kappa shape index (κ2) is 5.92. The van der Waals surface area contributed by atoms with E-state index in [2.05, 4.69) is 9.71 Å². The van der Waals surface area contributed by atoms with Crippen LogP contribution in [-0.2, 0) is 15.8 Å². The molecule has 0 saturated carbocycles. The van der Waals surface area contributed by atoms with E-state index in [4.69, 9.17) is 5.11 Å². The van der Waals surface area contributed by atoms with Gasteiger partial charge in [0.2, 0.25) is 10.0 Å². The summed E-state index contributed by atoms with van der Waals surface area (Å²) in [6.45, 7) is 1.76. The average molecular weight is 306 g/mol. The Labute approximate surface area is 122 Å². The lowest BCUT2D eigenvalue weighted by atomic mass is 10.1. The Balaban J connectivity index is 2.18. The first-order valence-electron chi connectivity index (χ1n) is 6.12. The number of carboxylic acid groups (broad SMARTS) is 1. The van der Waals surface area contributed by atoms with E-state index in [9.17, 15) is 13.2 Å². The van der Waals surface area contributed by atoms with Crippen LogP contribution in [-0.4, -0.2) is 24.5 Å². The number of benzene rings is 1. The molecular weight excluding hydrogens is 292 g/mol. The lowest BCUT2D eigenvalue weighted by Gasteiger charge is -2.08. The lowest BCUT2D eigenvalue weighted by Crippen LogP contribution is -2.16. The number of pyridine rings is 1. The molecule has 1 aromatic heterocycles. The average Bonchev–Trinajstić information content (AvgIpc) is 2.37. The van der Waals surface area contributed by atoms with Gasteiger partial charge in [-0.15, -0.1) is 0 Å². The molecule has 21 heavy (non-hydrogen) atoms. The number of hydrogen-bond acceptors (Lipinski definition) is 4. The maximum absolute atomic E-state index is 12.1. The zero-order chi connectivity index (χ0) is 15.5. The van der Waals surface area contributed by atoms with E-state index >= 15 is 0 Å². The van der Waals surface area contributed by atoms with Crippen molar-refractivity contribution < 1.29 is 18.3 Å². The fourth-order valence-electron chi connectivity index (χ4n) is 1.81. The predicted molar refractivity (Wildman–Crippen MR) is 78.6 cm³/mol. The van der Waals surface area contributed by atoms with Crippen molar-refractivity contribution in [3.63, 3.8) is 0 Å². The summed E-state index contributed by atoms with van der Waals surface area (Å²) >= 11 is 0. The fraction of sp³-hybridized carbons (Fsp3) is 0.143. The van der Waals surface area contributed by atoms with Crippen LogP contribution in [0.15, 0.2) is 42.5 Å². The number of carboxylic acids is 1. The molecule has 2 aromatic rings. The minimum Gasteiger partial charge on any atom is -0.478 e. The molecule has 1 aromatic carbocycles. The highest BCUT2D eigenvalue weighted by Gasteiger charge is 2.14. The molecule has 2 rings (SSSR count). The molecule has 0 aliphatic heterocycles. The maximum atomic E-state index is 12.1. The Morgan fingerprint density at radius 1 is 1.24 bits per heavy atom. The van der Waals surface area contributed by atoms with E-state index in [0.717, 1.165) is 0 Å². The summed E-state index contributed by atoms with van der Waals surface area (Å²) in [7, 11) is -3.65. The van der Waals surface area contributed by atoms with Gasteiger partial charge in [-0.25, -0.2) is 18.2 Å². The standard InChI is InChI=1S/C14H14N2O4S/c1-10-4-2-7-13(15-10)16-21(19,20)9-11-5-3-6-12(8-11)14(17)18/h2-8H,9H2,1H3,(H,15,16)(H,17,18). The van der Waals surface area contributed by atoms with Gasteiger partial charge in [0.25, 0.3) is 0 Å². The number of rotatable bonds is 5. The normalized spacial score (nSPS) is 11.1. The highest BCUT2D eigenvalue weighted by atomic mass is 32.2. The summed E-state index contributed by atoms with van der Waals surface area (Å²) in [6, 6.07) is 10.8. The molecule has 0 aliphatic rings. The Morgan fingerprint density at radius 3 is 2.62 bits per heavy atom. The minimum absolute atomic E-state index is 0.0522. The highest BCUT2D eigenvalue weighted by Crippen LogP contribution is 2.12. The molecule has 6 nitrogen and oxygen atoms in total. The number of aromatic carboxylic acids is 1. The van der Waals surface area contributed by atoms with E-state index in [1.54, 1.807) is 31.2 Å². The van der Waals surface area contributed by atoms with Crippen LogP contribution >= 0.6 is 0 Å². The van der Waals surface area contributed by atoms with Gasteiger partial charge in [0.05, 0.1) is 11.3 Å². The number of carbonyl (C=O) groups is 1. The van der Waals surface area contributed by atoms with E-state index in [1.807, 2.05) is 0 Å². The zero-order valence-corrected chi connectivity index (χ0v) is 12.1. The summed E-state index contributed by atoms with van der Waals surface area (Å²) in [5.41, 5.74) is 1.15. The summed E-state index contributed by atoms with van der Waals surface area (Å²) in [5.74, 6) is -1.17. The summed E-state index contributed by atoms with van der Waals surface area (Å²) in [6.07, 6.45) is 0. The van der Waals surface area contributed by atoms with Crippen molar-refractivity contribution in [2.45, 2.75) is 12.7 Å². The zero-order valence-electron chi connectivity index (χ0n) is 11.3. The molecule has 0 aliphatic carbocycles. The van der Waals surface area contributed by atoms with Crippen molar-refractivity contribution in [2.24, 2.45) is 0 Å². The molecule has 0 amide bonds. The first-order chi connectivity index (χ1) is 9.85. The van der Waals surface area contributed by atoms with Gasteiger partial charge in [-0.2, -0.15) is 0 Å². The molecule has 7 heteroatoms. The number of aryl methyl sites for hydroxylation is 1. The fourth-order valence-corrected chi connectivity index (χ4v) is 2.93. The molecule has 0 saturated heterocycles. The molecule has 2 N–H and O–H groups in total. The Bertz CT molecular complexity index is 772. The van der Waals surface area contributed by atoms with E-state index in [-0.39, 0.29) is 17.1 Å². The van der Waals surface area contributed by atoms with Gasteiger partial charge in [0, 0.05) is 5.69 Å². The van der Waals surface area contributed by atoms with Crippen LogP contribution in [0.25, 0.3) is 0 Å². The molecular formula is C14H14N2O4S. The van der Waals surface area contributed by atoms with Crippen molar-refractivity contribution in [3.8, 4) is 0 Å². The first kappa shape index (κ1) is 15.0. The van der Waals surface area contributed by atoms with Crippen molar-refractivity contribution in [1.82, 2.24) is 4.98 Å². The molecule has 0 fully saturated rings. The van der Waals surface area contributed by atoms with Crippen molar-refractivity contribution in [2.75, 3.05) is 4.72 Å². The van der Waals surface area contributed by atoms with Crippen LogP contribution in [0.2, 0.25) is 0 Å². The van der Waals surface area contributed by atoms with Crippen molar-refractivity contribution >= 4 is 21.8 Å². The molecule has 110 valence electrons. The SMILES string of the molecule is Cc1cccc(NS(=O)(=O)Cc2cccc(C(=O)O)c2)n1. The van der Waals surface area contributed by atoms with Crippen LogP contribution in [0, 0.1) is 6.92 Å². The van der Waals surface area contributed by atoms with E-state index < -0.39 is 16.0 Å². The second-order valence-electron chi connectivity index (χ2n) is 4.53. The molecule has 0 bridgehead atoms. The Morgan fingerprint density at radius 2 is 1.95 bits per heavy atom. The summed E-state index contributed by atoms with van der Waals surface area (Å²) in [4.78, 5) is 14.9. The molecule has 0 radical (unpaired) electrons. The first-order valence-corrected chi connectivity index (χ1v) is 7.77. The number of sulfonamides is 1. The van der Waals surface area contributed by atoms with Crippen LogP contribution in [0.3, 0.4) is 0 Å². The van der Waals surface area contributed by atoms with Gasteiger partial charge in [0.1, 0.15) is 5.82 Å². The van der Waals surface area contributed by atoms with Gasteiger partial charge in [-0.05, 0) is 36.8 Å². The monoisotopic (exact) mass is 306 g/mol. The Kier molecular flexibility index (Phi) is 4.23. The van der Waals surface area contributed by atoms with Crippen LogP contribution in [0.4, 0.5) is 5.82 Å². The van der Waals surface area contributed by atoms with Gasteiger partial charge in [-0.1, -0.05) is 18.2 Å². The minimum atomic E-state index is -3.65. The third-order valence-corrected chi connectivity index (χ3v) is 3.91. The van der Waals surface area contributed by atoms with Crippen LogP contribution in [0.5, 0.6) is 0 Å². The van der Waals surface area contributed by atoms with Gasteiger partial charge < -0.3 is 5.11 Å². The number of nitrogens with one attached hydrogen (secondary N) is 1. The van der Waals surface area contributed by atoms with Gasteiger partial charge in [0.15, 0.2) is 0 Å². The van der Waals surface area contributed by atoms with Gasteiger partial charge >= 0.3 is 5.97 Å². The summed E-state index contributed by atoms with van der Waals surface area (Å²) < 4.78 is 26.5. The lowest BCUT2D eigenvalue weighted by molar-refractivity contribution is 0.0696. The second-order valence-corrected chi connectivity index (χ2v) is 6.25. The third kappa shape index (κ3) is 4.28. The van der Waals surface area contributed by atoms with Crippen LogP contribution in [0.1, 0.15) is 21.6 Å². The third-order valence-electron chi connectivity index (χ3n) is 2.68. The topological polar surface area (TPSA) is 96.4 Å². The van der Waals surface area contributed by atoms with E-state index in [0.29, 0.717) is 11.3 Å². The molecule has 0 spiro atoms. The summed E-state index contributed by atoms with van der Waals surface area (Å²) in [5, 5.41) is 8.90.